The van der Waals surface area contributed by atoms with E-state index in [9.17, 15) is 4.79 Å². The molecule has 0 N–H and O–H groups in total. The Morgan fingerprint density at radius 3 is 2.71 bits per heavy atom. The van der Waals surface area contributed by atoms with Crippen molar-refractivity contribution in [1.82, 2.24) is 4.98 Å². The van der Waals surface area contributed by atoms with Gasteiger partial charge in [-0.1, -0.05) is 36.8 Å². The fraction of sp³-hybridized carbons (Fsp3) is 0.308. The van der Waals surface area contributed by atoms with E-state index in [1.165, 1.54) is 5.56 Å². The molecule has 4 rings (SSSR count). The quantitative estimate of drug-likeness (QED) is 0.453. The third-order valence-corrected chi connectivity index (χ3v) is 5.42. The van der Waals surface area contributed by atoms with Crippen molar-refractivity contribution in [2.75, 3.05) is 6.61 Å². The number of hydrogen-bond acceptors (Lipinski definition) is 5. The van der Waals surface area contributed by atoms with Gasteiger partial charge in [-0.25, -0.2) is 4.98 Å². The zero-order valence-electron chi connectivity index (χ0n) is 18.2. The lowest BCUT2D eigenvalue weighted by Crippen LogP contribution is -2.10. The van der Waals surface area contributed by atoms with E-state index in [2.05, 4.69) is 24.0 Å². The summed E-state index contributed by atoms with van der Waals surface area (Å²) >= 11 is 0. The number of rotatable bonds is 7. The highest BCUT2D eigenvalue weighted by molar-refractivity contribution is 5.80. The van der Waals surface area contributed by atoms with Crippen molar-refractivity contribution in [3.8, 4) is 17.2 Å². The Hall–Kier alpha value is -3.34. The van der Waals surface area contributed by atoms with Crippen molar-refractivity contribution in [3.63, 3.8) is 0 Å². The van der Waals surface area contributed by atoms with Gasteiger partial charge in [0.2, 0.25) is 5.89 Å². The third-order valence-electron chi connectivity index (χ3n) is 5.42. The summed E-state index contributed by atoms with van der Waals surface area (Å²) in [5, 5.41) is 0. The molecule has 0 atom stereocenters. The zero-order valence-corrected chi connectivity index (χ0v) is 18.2. The number of aromatic nitrogens is 1. The minimum absolute atomic E-state index is 0.226. The molecule has 1 aromatic heterocycles. The lowest BCUT2D eigenvalue weighted by molar-refractivity contribution is -0.136. The number of nitrogens with zero attached hydrogens (tertiary/aromatic N) is 1. The highest BCUT2D eigenvalue weighted by atomic mass is 16.5. The van der Waals surface area contributed by atoms with Crippen LogP contribution in [0.2, 0.25) is 0 Å². The monoisotopic (exact) mass is 417 g/mol. The molecule has 5 heteroatoms. The average molecular weight is 418 g/mol. The lowest BCUT2D eigenvalue weighted by Gasteiger charge is -2.20. The van der Waals surface area contributed by atoms with Gasteiger partial charge in [0.15, 0.2) is 0 Å². The molecule has 0 saturated heterocycles. The van der Waals surface area contributed by atoms with Gasteiger partial charge in [0.1, 0.15) is 17.3 Å². The number of fused-ring (bicyclic) bond motifs is 1. The van der Waals surface area contributed by atoms with Crippen LogP contribution in [0, 0.1) is 13.8 Å². The molecule has 3 aromatic rings. The van der Waals surface area contributed by atoms with E-state index in [4.69, 9.17) is 13.9 Å². The highest BCUT2D eigenvalue weighted by Gasteiger charge is 2.20. The first-order chi connectivity index (χ1) is 15.0. The molecular weight excluding hydrogens is 390 g/mol. The average Bonchev–Trinajstić information content (AvgIpc) is 3.15. The Labute approximate surface area is 182 Å². The van der Waals surface area contributed by atoms with Gasteiger partial charge in [0.05, 0.1) is 12.3 Å². The number of oxazole rings is 1. The van der Waals surface area contributed by atoms with Gasteiger partial charge in [0.25, 0.3) is 0 Å². The molecule has 5 nitrogen and oxygen atoms in total. The van der Waals surface area contributed by atoms with E-state index >= 15 is 0 Å². The van der Waals surface area contributed by atoms with Gasteiger partial charge in [0, 0.05) is 29.5 Å². The molecule has 0 fully saturated rings. The Morgan fingerprint density at radius 1 is 1.13 bits per heavy atom. The normalized spacial score (nSPS) is 12.8. The third kappa shape index (κ3) is 4.71. The maximum atomic E-state index is 11.7. The predicted octanol–water partition coefficient (Wildman–Crippen LogP) is 5.82. The number of ether oxygens (including phenoxy) is 2. The molecule has 0 saturated carbocycles. The Balaban J connectivity index is 1.44. The van der Waals surface area contributed by atoms with E-state index in [0.29, 0.717) is 31.1 Å². The summed E-state index contributed by atoms with van der Waals surface area (Å²) in [6, 6.07) is 14.0. The number of allylic oxidation sites excluding steroid dienone is 1. The van der Waals surface area contributed by atoms with Crippen LogP contribution in [0.1, 0.15) is 47.9 Å². The molecule has 0 amide bonds. The minimum Gasteiger partial charge on any atom is -0.493 e. The largest absolute Gasteiger partial charge is 0.493 e. The van der Waals surface area contributed by atoms with Crippen molar-refractivity contribution < 1.29 is 18.7 Å². The van der Waals surface area contributed by atoms with E-state index in [1.807, 2.05) is 43.3 Å². The second-order valence-corrected chi connectivity index (χ2v) is 7.70. The number of aryl methyl sites for hydroxylation is 2. The summed E-state index contributed by atoms with van der Waals surface area (Å²) in [6.45, 7) is 6.28. The fourth-order valence-corrected chi connectivity index (χ4v) is 3.68. The molecule has 0 radical (unpaired) electrons. The molecule has 160 valence electrons. The number of hydrogen-bond donors (Lipinski definition) is 0. The predicted molar refractivity (Wildman–Crippen MR) is 120 cm³/mol. The smallest absolute Gasteiger partial charge is 0.310 e. The summed E-state index contributed by atoms with van der Waals surface area (Å²) < 4.78 is 17.5. The van der Waals surface area contributed by atoms with Gasteiger partial charge < -0.3 is 13.9 Å². The van der Waals surface area contributed by atoms with Crippen LogP contribution in [0.4, 0.5) is 0 Å². The fourth-order valence-electron chi connectivity index (χ4n) is 3.68. The molecule has 1 aliphatic rings. The van der Waals surface area contributed by atoms with Crippen molar-refractivity contribution >= 4 is 11.7 Å². The van der Waals surface area contributed by atoms with Crippen LogP contribution in [-0.4, -0.2) is 17.6 Å². The van der Waals surface area contributed by atoms with Crippen LogP contribution in [0.5, 0.6) is 5.75 Å². The first kappa shape index (κ1) is 20.9. The molecule has 0 aliphatic heterocycles. The minimum atomic E-state index is -0.226. The molecule has 1 aliphatic carbocycles. The van der Waals surface area contributed by atoms with Crippen molar-refractivity contribution in [2.24, 2.45) is 0 Å². The summed E-state index contributed by atoms with van der Waals surface area (Å²) in [6.07, 6.45) is 4.66. The first-order valence-electron chi connectivity index (χ1n) is 10.7. The number of benzene rings is 2. The van der Waals surface area contributed by atoms with Crippen LogP contribution < -0.4 is 4.74 Å². The molecule has 0 bridgehead atoms. The maximum Gasteiger partial charge on any atom is 0.310 e. The second kappa shape index (κ2) is 9.21. The standard InChI is InChI=1S/C26H27NO4/c1-4-25(28)31-24-10-6-7-20-21(24)8-5-9-23(20)29-16-15-22-18(3)30-26(27-22)19-13-11-17(2)12-14-19/h5,8-14H,4,6-7,15-16H2,1-3H3. The van der Waals surface area contributed by atoms with E-state index in [-0.39, 0.29) is 5.97 Å². The zero-order chi connectivity index (χ0) is 21.8. The number of carbonyl (C=O) groups is 1. The summed E-state index contributed by atoms with van der Waals surface area (Å²) in [5.41, 5.74) is 5.09. The Bertz CT molecular complexity index is 1110. The number of esters is 1. The molecule has 0 unspecified atom stereocenters. The van der Waals surface area contributed by atoms with Crippen molar-refractivity contribution in [3.05, 3.63) is 76.7 Å². The van der Waals surface area contributed by atoms with Crippen molar-refractivity contribution in [2.45, 2.75) is 46.5 Å². The molecule has 1 heterocycles. The topological polar surface area (TPSA) is 61.6 Å². The van der Waals surface area contributed by atoms with Gasteiger partial charge in [-0.2, -0.15) is 0 Å². The highest BCUT2D eigenvalue weighted by Crippen LogP contribution is 2.34. The Morgan fingerprint density at radius 2 is 1.94 bits per heavy atom. The van der Waals surface area contributed by atoms with Crippen LogP contribution in [0.3, 0.4) is 0 Å². The SMILES string of the molecule is CCC(=O)OC1=CCCc2c(OCCc3nc(-c4ccc(C)cc4)oc3C)cccc21. The number of carbonyl (C=O) groups excluding carboxylic acids is 1. The van der Waals surface area contributed by atoms with E-state index < -0.39 is 0 Å². The molecule has 31 heavy (non-hydrogen) atoms. The maximum absolute atomic E-state index is 11.7. The second-order valence-electron chi connectivity index (χ2n) is 7.70. The molecule has 0 spiro atoms. The van der Waals surface area contributed by atoms with Crippen LogP contribution >= 0.6 is 0 Å². The van der Waals surface area contributed by atoms with Crippen molar-refractivity contribution in [1.29, 1.82) is 0 Å². The molecule has 2 aromatic carbocycles. The Kier molecular flexibility index (Phi) is 6.21. The van der Waals surface area contributed by atoms with Gasteiger partial charge >= 0.3 is 5.97 Å². The summed E-state index contributed by atoms with van der Waals surface area (Å²) in [4.78, 5) is 16.4. The van der Waals surface area contributed by atoms with Crippen LogP contribution in [0.25, 0.3) is 17.2 Å². The summed E-state index contributed by atoms with van der Waals surface area (Å²) in [7, 11) is 0. The van der Waals surface area contributed by atoms with Crippen LogP contribution in [-0.2, 0) is 22.4 Å². The van der Waals surface area contributed by atoms with Gasteiger partial charge in [-0.15, -0.1) is 0 Å². The van der Waals surface area contributed by atoms with Gasteiger partial charge in [-0.05, 0) is 51.0 Å². The van der Waals surface area contributed by atoms with E-state index in [0.717, 1.165) is 46.7 Å². The summed E-state index contributed by atoms with van der Waals surface area (Å²) in [5.74, 6) is 2.68. The molecular formula is C26H27NO4. The first-order valence-corrected chi connectivity index (χ1v) is 10.7. The van der Waals surface area contributed by atoms with E-state index in [1.54, 1.807) is 6.92 Å². The van der Waals surface area contributed by atoms with Crippen LogP contribution in [0.15, 0.2) is 53.0 Å². The lowest BCUT2D eigenvalue weighted by atomic mass is 9.95. The van der Waals surface area contributed by atoms with Gasteiger partial charge in [-0.3, -0.25) is 4.79 Å².